The van der Waals surface area contributed by atoms with E-state index in [-0.39, 0.29) is 5.60 Å². The summed E-state index contributed by atoms with van der Waals surface area (Å²) in [6, 6.07) is 0.619. The maximum atomic E-state index is 11.0. The lowest BCUT2D eigenvalue weighted by atomic mass is 9.77. The molecular formula is C17H29NO3. The van der Waals surface area contributed by atoms with E-state index in [9.17, 15) is 4.79 Å². The number of rotatable bonds is 3. The van der Waals surface area contributed by atoms with Gasteiger partial charge in [0.15, 0.2) is 0 Å². The van der Waals surface area contributed by atoms with Crippen molar-refractivity contribution in [3.05, 3.63) is 0 Å². The minimum Gasteiger partial charge on any atom is -0.481 e. The van der Waals surface area contributed by atoms with Gasteiger partial charge in [-0.3, -0.25) is 9.69 Å². The summed E-state index contributed by atoms with van der Waals surface area (Å²) >= 11 is 0. The number of carboxylic acids is 1. The molecule has 0 bridgehead atoms. The number of likely N-dealkylation sites (tertiary alicyclic amines) is 1. The quantitative estimate of drug-likeness (QED) is 0.869. The van der Waals surface area contributed by atoms with Crippen LogP contribution in [-0.2, 0) is 9.53 Å². The Morgan fingerprint density at radius 3 is 2.76 bits per heavy atom. The average molecular weight is 295 g/mol. The molecule has 3 rings (SSSR count). The third-order valence-electron chi connectivity index (χ3n) is 5.76. The second-order valence-electron chi connectivity index (χ2n) is 7.34. The van der Waals surface area contributed by atoms with E-state index >= 15 is 0 Å². The normalized spacial score (nSPS) is 33.9. The van der Waals surface area contributed by atoms with Gasteiger partial charge in [0.1, 0.15) is 0 Å². The summed E-state index contributed by atoms with van der Waals surface area (Å²) in [6.07, 6.45) is 11.3. The van der Waals surface area contributed by atoms with Crippen LogP contribution in [0.5, 0.6) is 0 Å². The van der Waals surface area contributed by atoms with Crippen LogP contribution in [0.1, 0.15) is 64.2 Å². The Balaban J connectivity index is 1.58. The van der Waals surface area contributed by atoms with Crippen LogP contribution in [-0.4, -0.2) is 47.3 Å². The molecule has 2 aliphatic heterocycles. The minimum absolute atomic E-state index is 0.154. The smallest absolute Gasteiger partial charge is 0.303 e. The highest BCUT2D eigenvalue weighted by atomic mass is 16.5. The van der Waals surface area contributed by atoms with Crippen molar-refractivity contribution in [3.8, 4) is 0 Å². The highest BCUT2D eigenvalue weighted by Gasteiger charge is 2.41. The monoisotopic (exact) mass is 295 g/mol. The van der Waals surface area contributed by atoms with Crippen molar-refractivity contribution < 1.29 is 14.6 Å². The Labute approximate surface area is 127 Å². The number of aliphatic carboxylic acids is 1. The molecular weight excluding hydrogens is 266 g/mol. The molecule has 1 aliphatic carbocycles. The van der Waals surface area contributed by atoms with Gasteiger partial charge in [-0.2, -0.15) is 0 Å². The Bertz CT molecular complexity index is 360. The van der Waals surface area contributed by atoms with E-state index in [0.29, 0.717) is 18.4 Å². The Hall–Kier alpha value is -0.610. The molecule has 3 fully saturated rings. The van der Waals surface area contributed by atoms with Gasteiger partial charge in [0.25, 0.3) is 0 Å². The molecule has 120 valence electrons. The molecule has 0 aromatic carbocycles. The molecule has 2 atom stereocenters. The topological polar surface area (TPSA) is 49.8 Å². The van der Waals surface area contributed by atoms with Crippen molar-refractivity contribution in [1.82, 2.24) is 4.90 Å². The van der Waals surface area contributed by atoms with Crippen LogP contribution in [0.15, 0.2) is 0 Å². The summed E-state index contributed by atoms with van der Waals surface area (Å²) in [7, 11) is 0. The molecule has 2 heterocycles. The largest absolute Gasteiger partial charge is 0.481 e. The van der Waals surface area contributed by atoms with E-state index < -0.39 is 5.97 Å². The molecule has 1 N–H and O–H groups in total. The number of hydrogen-bond acceptors (Lipinski definition) is 3. The molecule has 21 heavy (non-hydrogen) atoms. The van der Waals surface area contributed by atoms with Gasteiger partial charge < -0.3 is 9.84 Å². The summed E-state index contributed by atoms with van der Waals surface area (Å²) in [5.41, 5.74) is 0.154. The van der Waals surface area contributed by atoms with Crippen molar-refractivity contribution in [3.63, 3.8) is 0 Å². The van der Waals surface area contributed by atoms with E-state index in [2.05, 4.69) is 4.90 Å². The molecule has 0 radical (unpaired) electrons. The van der Waals surface area contributed by atoms with Crippen LogP contribution >= 0.6 is 0 Å². The van der Waals surface area contributed by atoms with E-state index in [4.69, 9.17) is 9.84 Å². The van der Waals surface area contributed by atoms with Gasteiger partial charge in [0, 0.05) is 25.6 Å². The van der Waals surface area contributed by atoms with E-state index in [1.54, 1.807) is 0 Å². The van der Waals surface area contributed by atoms with Crippen molar-refractivity contribution in [1.29, 1.82) is 0 Å². The van der Waals surface area contributed by atoms with E-state index in [1.807, 2.05) is 0 Å². The van der Waals surface area contributed by atoms with Crippen molar-refractivity contribution in [2.45, 2.75) is 75.9 Å². The number of carbonyl (C=O) groups is 1. The fourth-order valence-corrected chi connectivity index (χ4v) is 4.70. The van der Waals surface area contributed by atoms with Gasteiger partial charge >= 0.3 is 5.97 Å². The molecule has 0 aromatic rings. The second-order valence-corrected chi connectivity index (χ2v) is 7.34. The predicted octanol–water partition coefficient (Wildman–Crippen LogP) is 3.06. The van der Waals surface area contributed by atoms with Crippen LogP contribution in [0.25, 0.3) is 0 Å². The second kappa shape index (κ2) is 6.66. The Morgan fingerprint density at radius 1 is 1.19 bits per heavy atom. The number of piperidine rings is 1. The van der Waals surface area contributed by atoms with Gasteiger partial charge in [0.2, 0.25) is 0 Å². The molecule has 2 saturated heterocycles. The first kappa shape index (κ1) is 15.3. The van der Waals surface area contributed by atoms with Gasteiger partial charge in [-0.1, -0.05) is 19.3 Å². The van der Waals surface area contributed by atoms with Crippen LogP contribution in [0, 0.1) is 5.92 Å². The van der Waals surface area contributed by atoms with E-state index in [1.165, 1.54) is 38.5 Å². The summed E-state index contributed by atoms with van der Waals surface area (Å²) in [6.45, 7) is 3.02. The molecule has 1 saturated carbocycles. The highest BCUT2D eigenvalue weighted by Crippen LogP contribution is 2.40. The van der Waals surface area contributed by atoms with Crippen molar-refractivity contribution in [2.75, 3.05) is 19.7 Å². The SMILES string of the molecule is O=C(O)CC1CCCN(C2CCOC3(CCCCC3)C2)C1. The summed E-state index contributed by atoms with van der Waals surface area (Å²) in [4.78, 5) is 13.5. The molecule has 0 aromatic heterocycles. The molecule has 4 nitrogen and oxygen atoms in total. The fraction of sp³-hybridized carbons (Fsp3) is 0.941. The van der Waals surface area contributed by atoms with Crippen molar-refractivity contribution in [2.24, 2.45) is 5.92 Å². The summed E-state index contributed by atoms with van der Waals surface area (Å²) < 4.78 is 6.20. The van der Waals surface area contributed by atoms with Gasteiger partial charge in [-0.05, 0) is 51.0 Å². The molecule has 1 spiro atoms. The Morgan fingerprint density at radius 2 is 2.00 bits per heavy atom. The lowest BCUT2D eigenvalue weighted by molar-refractivity contribution is -0.140. The number of ether oxygens (including phenoxy) is 1. The lowest BCUT2D eigenvalue weighted by Gasteiger charge is -2.48. The minimum atomic E-state index is -0.641. The Kier molecular flexibility index (Phi) is 4.85. The van der Waals surface area contributed by atoms with Crippen LogP contribution in [0.4, 0.5) is 0 Å². The van der Waals surface area contributed by atoms with Crippen LogP contribution in [0.3, 0.4) is 0 Å². The number of carboxylic acid groups (broad SMARTS) is 1. The number of nitrogens with zero attached hydrogens (tertiary/aromatic N) is 1. The van der Waals surface area contributed by atoms with Crippen LogP contribution < -0.4 is 0 Å². The third kappa shape index (κ3) is 3.78. The third-order valence-corrected chi connectivity index (χ3v) is 5.76. The first-order chi connectivity index (χ1) is 10.2. The van der Waals surface area contributed by atoms with Crippen molar-refractivity contribution >= 4 is 5.97 Å². The standard InChI is InChI=1S/C17H29NO3/c19-16(20)11-14-5-4-9-18(13-14)15-6-10-21-17(12-15)7-2-1-3-8-17/h14-15H,1-13H2,(H,19,20). The van der Waals surface area contributed by atoms with Crippen LogP contribution in [0.2, 0.25) is 0 Å². The molecule has 2 unspecified atom stereocenters. The summed E-state index contributed by atoms with van der Waals surface area (Å²) in [5.74, 6) is -0.293. The van der Waals surface area contributed by atoms with Gasteiger partial charge in [-0.25, -0.2) is 0 Å². The first-order valence-electron chi connectivity index (χ1n) is 8.77. The number of hydrogen-bond donors (Lipinski definition) is 1. The first-order valence-corrected chi connectivity index (χ1v) is 8.77. The van der Waals surface area contributed by atoms with E-state index in [0.717, 1.165) is 39.0 Å². The highest BCUT2D eigenvalue weighted by molar-refractivity contribution is 5.67. The van der Waals surface area contributed by atoms with Gasteiger partial charge in [0.05, 0.1) is 5.60 Å². The fourth-order valence-electron chi connectivity index (χ4n) is 4.70. The molecule has 4 heteroatoms. The maximum Gasteiger partial charge on any atom is 0.303 e. The average Bonchev–Trinajstić information content (AvgIpc) is 2.48. The maximum absolute atomic E-state index is 11.0. The van der Waals surface area contributed by atoms with Gasteiger partial charge in [-0.15, -0.1) is 0 Å². The summed E-state index contributed by atoms with van der Waals surface area (Å²) in [5, 5.41) is 9.02. The lowest BCUT2D eigenvalue weighted by Crippen LogP contribution is -2.52. The zero-order valence-electron chi connectivity index (χ0n) is 13.1. The zero-order valence-corrected chi connectivity index (χ0v) is 13.1. The molecule has 3 aliphatic rings. The zero-order chi connectivity index (χ0) is 14.7. The predicted molar refractivity (Wildman–Crippen MR) is 81.3 cm³/mol. The molecule has 0 amide bonds.